The van der Waals surface area contributed by atoms with E-state index < -0.39 is 0 Å². The molecule has 6 heteroatoms. The Labute approximate surface area is 127 Å². The summed E-state index contributed by atoms with van der Waals surface area (Å²) < 4.78 is 2.11. The zero-order chi connectivity index (χ0) is 14.7. The van der Waals surface area contributed by atoms with Crippen molar-refractivity contribution in [3.8, 4) is 5.69 Å². The van der Waals surface area contributed by atoms with Gasteiger partial charge in [0.05, 0.1) is 5.69 Å². The summed E-state index contributed by atoms with van der Waals surface area (Å²) in [6.45, 7) is 1.98. The molecule has 1 aromatic carbocycles. The van der Waals surface area contributed by atoms with Gasteiger partial charge in [0, 0.05) is 17.5 Å². The van der Waals surface area contributed by atoms with Gasteiger partial charge >= 0.3 is 0 Å². The highest BCUT2D eigenvalue weighted by Crippen LogP contribution is 2.16. The zero-order valence-corrected chi connectivity index (χ0v) is 12.7. The van der Waals surface area contributed by atoms with Gasteiger partial charge in [0.25, 0.3) is 0 Å². The van der Waals surface area contributed by atoms with Crippen molar-refractivity contribution in [2.24, 2.45) is 0 Å². The Morgan fingerprint density at radius 3 is 2.67 bits per heavy atom. The van der Waals surface area contributed by atoms with Crippen LogP contribution in [0.5, 0.6) is 0 Å². The van der Waals surface area contributed by atoms with Gasteiger partial charge in [0.1, 0.15) is 11.6 Å². The normalized spacial score (nSPS) is 10.9. The molecule has 2 heterocycles. The Morgan fingerprint density at radius 1 is 1.14 bits per heavy atom. The minimum Gasteiger partial charge on any atom is -0.375 e. The quantitative estimate of drug-likeness (QED) is 0.786. The van der Waals surface area contributed by atoms with Gasteiger partial charge in [-0.3, -0.25) is 4.57 Å². The second-order valence-electron chi connectivity index (χ2n) is 4.87. The van der Waals surface area contributed by atoms with Crippen molar-refractivity contribution >= 4 is 16.5 Å². The molecule has 0 atom stereocenters. The molecule has 3 aromatic rings. The summed E-state index contributed by atoms with van der Waals surface area (Å²) in [6, 6.07) is 10.2. The van der Waals surface area contributed by atoms with Crippen LogP contribution in [0.25, 0.3) is 5.69 Å². The standard InChI is InChI=1S/C15H17N5S/c1-11-18-19-14(20(11)13-7-3-2-4-8-13)9-5-6-12-10-21-15(16)17-12/h2-4,7-8,10H,5-6,9H2,1H3,(H2,16,17). The largest absolute Gasteiger partial charge is 0.375 e. The molecule has 0 saturated heterocycles. The maximum absolute atomic E-state index is 5.65. The molecule has 3 rings (SSSR count). The molecular formula is C15H17N5S. The molecule has 0 radical (unpaired) electrons. The molecule has 2 aromatic heterocycles. The monoisotopic (exact) mass is 299 g/mol. The fourth-order valence-corrected chi connectivity index (χ4v) is 2.94. The van der Waals surface area contributed by atoms with E-state index in [0.717, 1.165) is 42.3 Å². The zero-order valence-electron chi connectivity index (χ0n) is 11.9. The van der Waals surface area contributed by atoms with E-state index in [-0.39, 0.29) is 0 Å². The van der Waals surface area contributed by atoms with Gasteiger partial charge in [-0.2, -0.15) is 0 Å². The Hall–Kier alpha value is -2.21. The third kappa shape index (κ3) is 3.11. The van der Waals surface area contributed by atoms with Crippen molar-refractivity contribution in [3.05, 3.63) is 53.1 Å². The van der Waals surface area contributed by atoms with E-state index in [9.17, 15) is 0 Å². The molecular weight excluding hydrogens is 282 g/mol. The third-order valence-electron chi connectivity index (χ3n) is 3.31. The van der Waals surface area contributed by atoms with E-state index >= 15 is 0 Å². The van der Waals surface area contributed by atoms with E-state index in [1.165, 1.54) is 11.3 Å². The summed E-state index contributed by atoms with van der Waals surface area (Å²) in [5.41, 5.74) is 7.81. The van der Waals surface area contributed by atoms with Crippen LogP contribution < -0.4 is 5.73 Å². The first-order chi connectivity index (χ1) is 10.2. The number of nitrogen functional groups attached to an aromatic ring is 1. The van der Waals surface area contributed by atoms with E-state index in [1.54, 1.807) is 0 Å². The molecule has 108 valence electrons. The van der Waals surface area contributed by atoms with Crippen molar-refractivity contribution in [1.29, 1.82) is 0 Å². The summed E-state index contributed by atoms with van der Waals surface area (Å²) in [7, 11) is 0. The summed E-state index contributed by atoms with van der Waals surface area (Å²) in [4.78, 5) is 4.28. The van der Waals surface area contributed by atoms with Crippen LogP contribution in [0.15, 0.2) is 35.7 Å². The SMILES string of the molecule is Cc1nnc(CCCc2csc(N)n2)n1-c1ccccc1. The lowest BCUT2D eigenvalue weighted by molar-refractivity contribution is 0.740. The van der Waals surface area contributed by atoms with Crippen LogP contribution >= 0.6 is 11.3 Å². The van der Waals surface area contributed by atoms with Crippen molar-refractivity contribution in [1.82, 2.24) is 19.7 Å². The third-order valence-corrected chi connectivity index (χ3v) is 4.03. The molecule has 5 nitrogen and oxygen atoms in total. The summed E-state index contributed by atoms with van der Waals surface area (Å²) in [6.07, 6.45) is 2.76. The number of nitrogens with two attached hydrogens (primary N) is 1. The highest BCUT2D eigenvalue weighted by atomic mass is 32.1. The second kappa shape index (κ2) is 6.05. The first-order valence-electron chi connectivity index (χ1n) is 6.90. The van der Waals surface area contributed by atoms with Crippen molar-refractivity contribution < 1.29 is 0 Å². The fraction of sp³-hybridized carbons (Fsp3) is 0.267. The lowest BCUT2D eigenvalue weighted by Crippen LogP contribution is -2.04. The smallest absolute Gasteiger partial charge is 0.180 e. The molecule has 0 spiro atoms. The number of benzene rings is 1. The summed E-state index contributed by atoms with van der Waals surface area (Å²) in [5, 5.41) is 11.2. The molecule has 2 N–H and O–H groups in total. The van der Waals surface area contributed by atoms with Crippen LogP contribution in [0.4, 0.5) is 5.13 Å². The molecule has 0 aliphatic carbocycles. The van der Waals surface area contributed by atoms with Crippen LogP contribution in [-0.4, -0.2) is 19.7 Å². The van der Waals surface area contributed by atoms with Gasteiger partial charge in [-0.05, 0) is 31.9 Å². The molecule has 0 unspecified atom stereocenters. The maximum atomic E-state index is 5.65. The number of hydrogen-bond acceptors (Lipinski definition) is 5. The Morgan fingerprint density at radius 2 is 1.95 bits per heavy atom. The second-order valence-corrected chi connectivity index (χ2v) is 5.75. The molecule has 0 fully saturated rings. The highest BCUT2D eigenvalue weighted by molar-refractivity contribution is 7.13. The number of rotatable bonds is 5. The fourth-order valence-electron chi connectivity index (χ4n) is 2.35. The number of hydrogen-bond donors (Lipinski definition) is 1. The first kappa shape index (κ1) is 13.8. The molecule has 0 amide bonds. The van der Waals surface area contributed by atoms with Gasteiger partial charge in [-0.15, -0.1) is 21.5 Å². The van der Waals surface area contributed by atoms with Crippen LogP contribution in [0.2, 0.25) is 0 Å². The minimum atomic E-state index is 0.633. The van der Waals surface area contributed by atoms with Gasteiger partial charge in [0.2, 0.25) is 0 Å². The number of aromatic nitrogens is 4. The lowest BCUT2D eigenvalue weighted by Gasteiger charge is -2.08. The highest BCUT2D eigenvalue weighted by Gasteiger charge is 2.10. The van der Waals surface area contributed by atoms with Gasteiger partial charge in [-0.25, -0.2) is 4.98 Å². The molecule has 21 heavy (non-hydrogen) atoms. The van der Waals surface area contributed by atoms with Gasteiger partial charge in [0.15, 0.2) is 5.13 Å². The van der Waals surface area contributed by atoms with Gasteiger partial charge in [-0.1, -0.05) is 18.2 Å². The summed E-state index contributed by atoms with van der Waals surface area (Å²) >= 11 is 1.49. The average Bonchev–Trinajstić information content (AvgIpc) is 3.06. The van der Waals surface area contributed by atoms with E-state index in [1.807, 2.05) is 30.5 Å². The Balaban J connectivity index is 1.72. The number of aryl methyl sites for hydroxylation is 3. The average molecular weight is 299 g/mol. The molecule has 0 aliphatic heterocycles. The van der Waals surface area contributed by atoms with Crippen LogP contribution in [-0.2, 0) is 12.8 Å². The molecule has 0 saturated carbocycles. The maximum Gasteiger partial charge on any atom is 0.180 e. The number of nitrogens with zero attached hydrogens (tertiary/aromatic N) is 4. The Bertz CT molecular complexity index is 717. The van der Waals surface area contributed by atoms with Crippen LogP contribution in [0.1, 0.15) is 23.8 Å². The van der Waals surface area contributed by atoms with Crippen molar-refractivity contribution in [3.63, 3.8) is 0 Å². The van der Waals surface area contributed by atoms with E-state index in [4.69, 9.17) is 5.73 Å². The van der Waals surface area contributed by atoms with E-state index in [2.05, 4.69) is 31.9 Å². The molecule has 0 bridgehead atoms. The van der Waals surface area contributed by atoms with Crippen molar-refractivity contribution in [2.45, 2.75) is 26.2 Å². The number of anilines is 1. The van der Waals surface area contributed by atoms with Gasteiger partial charge < -0.3 is 5.73 Å². The number of para-hydroxylation sites is 1. The minimum absolute atomic E-state index is 0.633. The Kier molecular flexibility index (Phi) is 3.96. The number of thiazole rings is 1. The van der Waals surface area contributed by atoms with E-state index in [0.29, 0.717) is 5.13 Å². The first-order valence-corrected chi connectivity index (χ1v) is 7.78. The predicted octanol–water partition coefficient (Wildman–Crippen LogP) is 2.79. The van der Waals surface area contributed by atoms with Crippen molar-refractivity contribution in [2.75, 3.05) is 5.73 Å². The molecule has 0 aliphatic rings. The van der Waals surface area contributed by atoms with Crippen LogP contribution in [0, 0.1) is 6.92 Å². The predicted molar refractivity (Wildman–Crippen MR) is 84.6 cm³/mol. The topological polar surface area (TPSA) is 69.6 Å². The lowest BCUT2D eigenvalue weighted by atomic mass is 10.2. The van der Waals surface area contributed by atoms with Crippen LogP contribution in [0.3, 0.4) is 0 Å². The summed E-state index contributed by atoms with van der Waals surface area (Å²) in [5.74, 6) is 1.90.